The lowest BCUT2D eigenvalue weighted by Gasteiger charge is -2.23. The van der Waals surface area contributed by atoms with E-state index in [1.165, 1.54) is 42.6 Å². The van der Waals surface area contributed by atoms with Crippen LogP contribution in [0.1, 0.15) is 61.4 Å². The topological polar surface area (TPSA) is 59.5 Å². The summed E-state index contributed by atoms with van der Waals surface area (Å²) in [6.45, 7) is 7.78. The molecule has 2 fully saturated rings. The minimum absolute atomic E-state index is 0.0840. The summed E-state index contributed by atoms with van der Waals surface area (Å²) in [7, 11) is 0. The van der Waals surface area contributed by atoms with Crippen molar-refractivity contribution in [1.82, 2.24) is 4.98 Å². The van der Waals surface area contributed by atoms with Gasteiger partial charge in [0.1, 0.15) is 6.61 Å². The first-order valence-electron chi connectivity index (χ1n) is 10.8. The van der Waals surface area contributed by atoms with Crippen LogP contribution in [-0.2, 0) is 20.9 Å². The van der Waals surface area contributed by atoms with Gasteiger partial charge in [0.05, 0.1) is 11.4 Å². The number of nitrogens with zero attached hydrogens (tertiary/aromatic N) is 2. The molecule has 5 nitrogen and oxygen atoms in total. The maximum Gasteiger partial charge on any atom is 0.306 e. The summed E-state index contributed by atoms with van der Waals surface area (Å²) in [6.07, 6.45) is 5.62. The van der Waals surface area contributed by atoms with E-state index in [1.807, 2.05) is 19.2 Å². The molecule has 1 aromatic carbocycles. The highest BCUT2D eigenvalue weighted by atomic mass is 32.1. The fourth-order valence-electron chi connectivity index (χ4n) is 5.43. The Morgan fingerprint density at radius 2 is 1.90 bits per heavy atom. The average molecular weight is 427 g/mol. The van der Waals surface area contributed by atoms with Crippen molar-refractivity contribution in [2.24, 2.45) is 17.8 Å². The lowest BCUT2D eigenvalue weighted by Crippen LogP contribution is -2.24. The molecule has 1 heterocycles. The molecule has 1 amide bonds. The Balaban J connectivity index is 1.42. The molecule has 0 N–H and O–H groups in total. The van der Waals surface area contributed by atoms with Gasteiger partial charge in [0, 0.05) is 18.7 Å². The van der Waals surface area contributed by atoms with E-state index in [4.69, 9.17) is 4.74 Å². The first-order chi connectivity index (χ1) is 14.3. The fraction of sp³-hybridized carbons (Fsp3) is 0.542. The monoisotopic (exact) mass is 426 g/mol. The Hall–Kier alpha value is -2.21. The maximum atomic E-state index is 12.5. The lowest BCUT2D eigenvalue weighted by molar-refractivity contribution is -0.146. The maximum absolute atomic E-state index is 12.5. The number of amides is 1. The molecule has 2 bridgehead atoms. The Labute approximate surface area is 182 Å². The largest absolute Gasteiger partial charge is 0.459 e. The van der Waals surface area contributed by atoms with Gasteiger partial charge in [-0.05, 0) is 68.9 Å². The van der Waals surface area contributed by atoms with Crippen molar-refractivity contribution in [1.29, 1.82) is 0 Å². The number of carbonyl (C=O) groups excluding carboxylic acids is 2. The van der Waals surface area contributed by atoms with Gasteiger partial charge < -0.3 is 4.74 Å². The van der Waals surface area contributed by atoms with Crippen LogP contribution in [0.25, 0.3) is 0 Å². The predicted octanol–water partition coefficient (Wildman–Crippen LogP) is 5.62. The van der Waals surface area contributed by atoms with Crippen molar-refractivity contribution in [2.75, 3.05) is 4.90 Å². The molecule has 30 heavy (non-hydrogen) atoms. The van der Waals surface area contributed by atoms with Crippen molar-refractivity contribution < 1.29 is 14.3 Å². The molecule has 3 atom stereocenters. The summed E-state index contributed by atoms with van der Waals surface area (Å²) >= 11 is 1.40. The third kappa shape index (κ3) is 4.29. The number of esters is 1. The van der Waals surface area contributed by atoms with Gasteiger partial charge in [0.15, 0.2) is 5.13 Å². The van der Waals surface area contributed by atoms with E-state index in [9.17, 15) is 9.59 Å². The van der Waals surface area contributed by atoms with Crippen molar-refractivity contribution in [3.63, 3.8) is 0 Å². The van der Waals surface area contributed by atoms with Gasteiger partial charge in [-0.15, -0.1) is 11.3 Å². The van der Waals surface area contributed by atoms with Crippen LogP contribution in [0.2, 0.25) is 0 Å². The standard InChI is InChI=1S/C24H30N2O3S/c1-14-7-15(2)23(16(3)8-14)26(17(4)27)24-25-21(13-30-24)12-29-22(28)11-20-10-18-5-6-19(20)9-18/h7-8,13,18-20H,5-6,9-12H2,1-4H3/t18-,19-,20-/m1/s1. The predicted molar refractivity (Wildman–Crippen MR) is 119 cm³/mol. The Bertz CT molecular complexity index is 944. The number of aryl methyl sites for hydroxylation is 3. The number of benzene rings is 1. The van der Waals surface area contributed by atoms with E-state index in [0.717, 1.165) is 28.7 Å². The number of carbonyl (C=O) groups is 2. The minimum Gasteiger partial charge on any atom is -0.459 e. The van der Waals surface area contributed by atoms with E-state index in [2.05, 4.69) is 24.0 Å². The Morgan fingerprint density at radius 3 is 2.50 bits per heavy atom. The smallest absolute Gasteiger partial charge is 0.306 e. The van der Waals surface area contributed by atoms with Crippen LogP contribution in [0.15, 0.2) is 17.5 Å². The van der Waals surface area contributed by atoms with Crippen LogP contribution in [0.5, 0.6) is 0 Å². The molecular weight excluding hydrogens is 396 g/mol. The molecule has 2 aliphatic rings. The van der Waals surface area contributed by atoms with Gasteiger partial charge in [-0.2, -0.15) is 0 Å². The molecule has 4 rings (SSSR count). The minimum atomic E-state index is -0.129. The number of thiazole rings is 1. The zero-order valence-corrected chi connectivity index (χ0v) is 19.1. The second kappa shape index (κ2) is 8.50. The molecular formula is C24H30N2O3S. The number of hydrogen-bond donors (Lipinski definition) is 0. The molecule has 2 aromatic rings. The Kier molecular flexibility index (Phi) is 5.96. The molecule has 0 radical (unpaired) electrons. The molecule has 2 aliphatic carbocycles. The van der Waals surface area contributed by atoms with Crippen LogP contribution in [-0.4, -0.2) is 16.9 Å². The van der Waals surface area contributed by atoms with E-state index < -0.39 is 0 Å². The van der Waals surface area contributed by atoms with Gasteiger partial charge in [-0.3, -0.25) is 14.5 Å². The van der Waals surface area contributed by atoms with Gasteiger partial charge >= 0.3 is 5.97 Å². The Morgan fingerprint density at radius 1 is 1.17 bits per heavy atom. The molecule has 1 aromatic heterocycles. The number of anilines is 2. The van der Waals surface area contributed by atoms with E-state index in [0.29, 0.717) is 23.2 Å². The van der Waals surface area contributed by atoms with E-state index in [1.54, 1.807) is 11.8 Å². The van der Waals surface area contributed by atoms with Crippen molar-refractivity contribution in [3.8, 4) is 0 Å². The zero-order valence-electron chi connectivity index (χ0n) is 18.2. The van der Waals surface area contributed by atoms with Gasteiger partial charge in [0.2, 0.25) is 5.91 Å². The summed E-state index contributed by atoms with van der Waals surface area (Å²) in [5.41, 5.74) is 4.81. The lowest BCUT2D eigenvalue weighted by atomic mass is 9.86. The molecule has 160 valence electrons. The first kappa shape index (κ1) is 21.0. The van der Waals surface area contributed by atoms with Crippen LogP contribution in [0.4, 0.5) is 10.8 Å². The van der Waals surface area contributed by atoms with Gasteiger partial charge in [-0.1, -0.05) is 24.1 Å². The molecule has 0 unspecified atom stereocenters. The first-order valence-corrected chi connectivity index (χ1v) is 11.7. The number of fused-ring (bicyclic) bond motifs is 2. The molecule has 6 heteroatoms. The summed E-state index contributed by atoms with van der Waals surface area (Å²) in [5.74, 6) is 1.84. The third-order valence-electron chi connectivity index (χ3n) is 6.60. The van der Waals surface area contributed by atoms with Gasteiger partial charge in [-0.25, -0.2) is 4.98 Å². The summed E-state index contributed by atoms with van der Waals surface area (Å²) in [4.78, 5) is 31.1. The van der Waals surface area contributed by atoms with E-state index >= 15 is 0 Å². The van der Waals surface area contributed by atoms with E-state index in [-0.39, 0.29) is 18.5 Å². The van der Waals surface area contributed by atoms with Crippen LogP contribution in [0, 0.1) is 38.5 Å². The average Bonchev–Trinajstić information content (AvgIpc) is 3.39. The highest BCUT2D eigenvalue weighted by Gasteiger charge is 2.40. The quantitative estimate of drug-likeness (QED) is 0.562. The highest BCUT2D eigenvalue weighted by molar-refractivity contribution is 7.14. The second-order valence-electron chi connectivity index (χ2n) is 9.02. The summed E-state index contributed by atoms with van der Waals surface area (Å²) < 4.78 is 5.52. The molecule has 0 aliphatic heterocycles. The van der Waals surface area contributed by atoms with Crippen molar-refractivity contribution in [2.45, 2.75) is 66.4 Å². The van der Waals surface area contributed by atoms with Crippen LogP contribution >= 0.6 is 11.3 Å². The third-order valence-corrected chi connectivity index (χ3v) is 7.47. The van der Waals surface area contributed by atoms with Crippen molar-refractivity contribution >= 4 is 34.0 Å². The normalized spacial score (nSPS) is 22.3. The molecule has 2 saturated carbocycles. The summed E-state index contributed by atoms with van der Waals surface area (Å²) in [6, 6.07) is 4.15. The number of rotatable bonds is 6. The van der Waals surface area contributed by atoms with Crippen LogP contribution in [0.3, 0.4) is 0 Å². The fourth-order valence-corrected chi connectivity index (χ4v) is 6.29. The zero-order chi connectivity index (χ0) is 21.4. The van der Waals surface area contributed by atoms with Gasteiger partial charge in [0.25, 0.3) is 0 Å². The molecule has 0 saturated heterocycles. The second-order valence-corrected chi connectivity index (χ2v) is 9.86. The number of ether oxygens (including phenoxy) is 1. The summed E-state index contributed by atoms with van der Waals surface area (Å²) in [5, 5.41) is 2.48. The SMILES string of the molecule is CC(=O)N(c1nc(COC(=O)C[C@H]2C[C@@H]3CC[C@@H]2C3)cs1)c1c(C)cc(C)cc1C. The molecule has 0 spiro atoms. The number of aromatic nitrogens is 1. The highest BCUT2D eigenvalue weighted by Crippen LogP contribution is 2.49. The van der Waals surface area contributed by atoms with Crippen molar-refractivity contribution in [3.05, 3.63) is 39.9 Å². The van der Waals surface area contributed by atoms with Crippen LogP contribution < -0.4 is 4.90 Å². The number of hydrogen-bond acceptors (Lipinski definition) is 5.